The second-order valence-corrected chi connectivity index (χ2v) is 4.39. The maximum absolute atomic E-state index is 12.1. The molecule has 0 aliphatic heterocycles. The van der Waals surface area contributed by atoms with Gasteiger partial charge in [-0.05, 0) is 13.0 Å². The molecule has 2 N–H and O–H groups in total. The lowest BCUT2D eigenvalue weighted by molar-refractivity contribution is -0.131. The molecule has 0 aromatic heterocycles. The van der Waals surface area contributed by atoms with Crippen molar-refractivity contribution in [3.05, 3.63) is 23.3 Å². The molecule has 0 amide bonds. The maximum Gasteiger partial charge on any atom is 0.336 e. The van der Waals surface area contributed by atoms with E-state index < -0.39 is 29.0 Å². The molecule has 0 spiro atoms. The monoisotopic (exact) mass is 294 g/mol. The van der Waals surface area contributed by atoms with E-state index in [1.54, 1.807) is 0 Å². The first-order valence-corrected chi connectivity index (χ1v) is 6.03. The Labute approximate surface area is 120 Å². The van der Waals surface area contributed by atoms with Gasteiger partial charge in [-0.1, -0.05) is 0 Å². The van der Waals surface area contributed by atoms with E-state index in [-0.39, 0.29) is 29.9 Å². The van der Waals surface area contributed by atoms with Crippen LogP contribution in [0.3, 0.4) is 0 Å². The summed E-state index contributed by atoms with van der Waals surface area (Å²) in [5, 5.41) is 18.6. The first-order chi connectivity index (χ1) is 9.72. The van der Waals surface area contributed by atoms with Crippen molar-refractivity contribution < 1.29 is 34.1 Å². The van der Waals surface area contributed by atoms with Gasteiger partial charge in [0.1, 0.15) is 17.3 Å². The van der Waals surface area contributed by atoms with Crippen LogP contribution in [0.1, 0.15) is 47.4 Å². The molecule has 0 unspecified atom stereocenters. The van der Waals surface area contributed by atoms with Crippen LogP contribution in [0.5, 0.6) is 11.5 Å². The Morgan fingerprint density at radius 3 is 2.19 bits per heavy atom. The summed E-state index contributed by atoms with van der Waals surface area (Å²) in [6.45, 7) is 2.38. The van der Waals surface area contributed by atoms with Gasteiger partial charge in [0.2, 0.25) is 0 Å². The average Bonchev–Trinajstić information content (AvgIpc) is 2.34. The fourth-order valence-corrected chi connectivity index (χ4v) is 1.71. The van der Waals surface area contributed by atoms with E-state index in [0.717, 1.165) is 19.1 Å². The van der Waals surface area contributed by atoms with Crippen molar-refractivity contribution in [3.8, 4) is 11.5 Å². The molecule has 7 nitrogen and oxygen atoms in total. The fourth-order valence-electron chi connectivity index (χ4n) is 1.71. The molecular formula is C14H14O7. The second-order valence-electron chi connectivity index (χ2n) is 4.39. The van der Waals surface area contributed by atoms with Crippen LogP contribution in [0.2, 0.25) is 0 Å². The van der Waals surface area contributed by atoms with Gasteiger partial charge in [0, 0.05) is 25.8 Å². The number of hydrogen-bond donors (Lipinski definition) is 2. The van der Waals surface area contributed by atoms with Crippen molar-refractivity contribution in [2.75, 3.05) is 0 Å². The van der Waals surface area contributed by atoms with Crippen molar-refractivity contribution >= 4 is 23.5 Å². The van der Waals surface area contributed by atoms with Gasteiger partial charge in [0.25, 0.3) is 0 Å². The minimum Gasteiger partial charge on any atom is -0.508 e. The number of carboxylic acids is 1. The first-order valence-electron chi connectivity index (χ1n) is 6.03. The Kier molecular flexibility index (Phi) is 5.18. The summed E-state index contributed by atoms with van der Waals surface area (Å²) in [5.41, 5.74) is -0.823. The number of aromatic hydroxyl groups is 1. The van der Waals surface area contributed by atoms with E-state index in [0.29, 0.717) is 0 Å². The molecule has 0 saturated carbocycles. The van der Waals surface area contributed by atoms with Gasteiger partial charge in [0.15, 0.2) is 5.78 Å². The van der Waals surface area contributed by atoms with E-state index >= 15 is 0 Å². The standard InChI is InChI=1S/C14H14O7/c1-7(15)3-4-11(18)13-10(14(19)20)5-9(17)6-12(13)21-8(2)16/h5-6,17H,3-4H2,1-2H3,(H,19,20). The lowest BCUT2D eigenvalue weighted by Gasteiger charge is -2.11. The quantitative estimate of drug-likeness (QED) is 0.464. The smallest absolute Gasteiger partial charge is 0.336 e. The lowest BCUT2D eigenvalue weighted by Crippen LogP contribution is -2.14. The minimum atomic E-state index is -1.45. The van der Waals surface area contributed by atoms with Crippen LogP contribution in [0.15, 0.2) is 12.1 Å². The molecule has 21 heavy (non-hydrogen) atoms. The third-order valence-electron chi connectivity index (χ3n) is 2.55. The van der Waals surface area contributed by atoms with Crippen LogP contribution in [-0.4, -0.2) is 33.7 Å². The van der Waals surface area contributed by atoms with Crippen LogP contribution in [0.4, 0.5) is 0 Å². The van der Waals surface area contributed by atoms with Gasteiger partial charge in [-0.2, -0.15) is 0 Å². The SMILES string of the molecule is CC(=O)CCC(=O)c1c(OC(C)=O)cc(O)cc1C(=O)O. The van der Waals surface area contributed by atoms with Gasteiger partial charge < -0.3 is 19.7 Å². The second kappa shape index (κ2) is 6.65. The number of rotatable bonds is 6. The number of phenols is 1. The predicted octanol–water partition coefficient (Wildman–Crippen LogP) is 1.57. The molecule has 0 radical (unpaired) electrons. The number of ketones is 2. The number of aromatic carboxylic acids is 1. The third-order valence-corrected chi connectivity index (χ3v) is 2.55. The molecule has 1 rings (SSSR count). The van der Waals surface area contributed by atoms with Gasteiger partial charge in [-0.3, -0.25) is 9.59 Å². The number of Topliss-reactive ketones (excluding diaryl/α,β-unsaturated/α-hetero) is 2. The highest BCUT2D eigenvalue weighted by atomic mass is 16.5. The summed E-state index contributed by atoms with van der Waals surface area (Å²) in [5.74, 6) is -3.89. The molecular weight excluding hydrogens is 280 g/mol. The molecule has 1 aromatic rings. The van der Waals surface area contributed by atoms with Crippen LogP contribution >= 0.6 is 0 Å². The molecule has 0 heterocycles. The van der Waals surface area contributed by atoms with Crippen molar-refractivity contribution in [1.82, 2.24) is 0 Å². The number of carboxylic acid groups (broad SMARTS) is 1. The van der Waals surface area contributed by atoms with Crippen molar-refractivity contribution in [3.63, 3.8) is 0 Å². The Balaban J connectivity index is 3.35. The van der Waals surface area contributed by atoms with Crippen LogP contribution < -0.4 is 4.74 Å². The number of carbonyl (C=O) groups is 4. The molecule has 0 atom stereocenters. The molecule has 7 heteroatoms. The molecule has 0 aliphatic carbocycles. The fraction of sp³-hybridized carbons (Fsp3) is 0.286. The number of hydrogen-bond acceptors (Lipinski definition) is 6. The molecule has 0 bridgehead atoms. The third kappa shape index (κ3) is 4.41. The minimum absolute atomic E-state index is 0.0573. The number of phenolic OH excluding ortho intramolecular Hbond substituents is 1. The summed E-state index contributed by atoms with van der Waals surface area (Å²) in [7, 11) is 0. The van der Waals surface area contributed by atoms with Crippen molar-refractivity contribution in [1.29, 1.82) is 0 Å². The number of benzene rings is 1. The topological polar surface area (TPSA) is 118 Å². The van der Waals surface area contributed by atoms with E-state index in [4.69, 9.17) is 9.84 Å². The highest BCUT2D eigenvalue weighted by Crippen LogP contribution is 2.30. The zero-order valence-electron chi connectivity index (χ0n) is 11.5. The largest absolute Gasteiger partial charge is 0.508 e. The van der Waals surface area contributed by atoms with Gasteiger partial charge in [0.05, 0.1) is 11.1 Å². The van der Waals surface area contributed by atoms with Gasteiger partial charge in [-0.15, -0.1) is 0 Å². The Hall–Kier alpha value is -2.70. The van der Waals surface area contributed by atoms with Crippen molar-refractivity contribution in [2.45, 2.75) is 26.7 Å². The highest BCUT2D eigenvalue weighted by molar-refractivity contribution is 6.09. The molecule has 1 aromatic carbocycles. The summed E-state index contributed by atoms with van der Waals surface area (Å²) in [6.07, 6.45) is -0.271. The van der Waals surface area contributed by atoms with Gasteiger partial charge in [-0.25, -0.2) is 4.79 Å². The number of carbonyl (C=O) groups excluding carboxylic acids is 3. The van der Waals surface area contributed by atoms with E-state index in [1.807, 2.05) is 0 Å². The zero-order valence-corrected chi connectivity index (χ0v) is 11.5. The van der Waals surface area contributed by atoms with E-state index in [9.17, 15) is 24.3 Å². The lowest BCUT2D eigenvalue weighted by atomic mass is 9.98. The average molecular weight is 294 g/mol. The normalized spacial score (nSPS) is 10.0. The number of esters is 1. The number of ether oxygens (including phenoxy) is 1. The van der Waals surface area contributed by atoms with Gasteiger partial charge >= 0.3 is 11.9 Å². The molecule has 0 aliphatic rings. The summed E-state index contributed by atoms with van der Waals surface area (Å²) in [4.78, 5) is 45.2. The first kappa shape index (κ1) is 16.4. The zero-order chi connectivity index (χ0) is 16.2. The van der Waals surface area contributed by atoms with Crippen LogP contribution in [0, 0.1) is 0 Å². The molecule has 0 fully saturated rings. The summed E-state index contributed by atoms with van der Waals surface area (Å²) >= 11 is 0. The molecule has 112 valence electrons. The summed E-state index contributed by atoms with van der Waals surface area (Å²) in [6, 6.07) is 1.87. The van der Waals surface area contributed by atoms with Crippen LogP contribution in [0.25, 0.3) is 0 Å². The van der Waals surface area contributed by atoms with E-state index in [1.165, 1.54) is 6.92 Å². The van der Waals surface area contributed by atoms with E-state index in [2.05, 4.69) is 0 Å². The predicted molar refractivity (Wildman–Crippen MR) is 70.6 cm³/mol. The summed E-state index contributed by atoms with van der Waals surface area (Å²) < 4.78 is 4.78. The van der Waals surface area contributed by atoms with Crippen LogP contribution in [-0.2, 0) is 9.59 Å². The Morgan fingerprint density at radius 1 is 1.10 bits per heavy atom. The Morgan fingerprint density at radius 2 is 1.71 bits per heavy atom. The highest BCUT2D eigenvalue weighted by Gasteiger charge is 2.24. The Bertz CT molecular complexity index is 616. The maximum atomic E-state index is 12.1. The van der Waals surface area contributed by atoms with Crippen molar-refractivity contribution in [2.24, 2.45) is 0 Å². The molecule has 0 saturated heterocycles.